The van der Waals surface area contributed by atoms with Crippen LogP contribution in [0.4, 0.5) is 0 Å². The van der Waals surface area contributed by atoms with E-state index in [9.17, 15) is 9.59 Å². The minimum Gasteiger partial charge on any atom is -0.493 e. The van der Waals surface area contributed by atoms with Crippen LogP contribution in [-0.4, -0.2) is 38.8 Å². The van der Waals surface area contributed by atoms with E-state index in [4.69, 9.17) is 21.1 Å². The predicted molar refractivity (Wildman–Crippen MR) is 99.1 cm³/mol. The zero-order valence-corrected chi connectivity index (χ0v) is 15.0. The van der Waals surface area contributed by atoms with Crippen LogP contribution >= 0.6 is 11.6 Å². The molecule has 0 saturated carbocycles. The fraction of sp³-hybridized carbons (Fsp3) is 0.167. The van der Waals surface area contributed by atoms with E-state index in [0.717, 1.165) is 0 Å². The molecule has 0 spiro atoms. The van der Waals surface area contributed by atoms with Crippen molar-refractivity contribution in [2.45, 2.75) is 0 Å². The van der Waals surface area contributed by atoms with Crippen molar-refractivity contribution in [1.29, 1.82) is 0 Å². The molecule has 2 amide bonds. The Balaban J connectivity index is 1.86. The average molecular weight is 376 g/mol. The highest BCUT2D eigenvalue weighted by atomic mass is 35.5. The molecule has 0 aromatic heterocycles. The maximum Gasteiger partial charge on any atom is 0.259 e. The normalized spacial score (nSPS) is 10.4. The Hall–Kier alpha value is -3.06. The van der Waals surface area contributed by atoms with Crippen molar-refractivity contribution in [2.75, 3.05) is 20.8 Å². The molecular formula is C18H18ClN3O4. The number of benzene rings is 2. The Labute approximate surface area is 155 Å². The number of methoxy groups -OCH3 is 2. The van der Waals surface area contributed by atoms with Crippen LogP contribution < -0.4 is 20.2 Å². The standard InChI is InChI=1S/C18H18ClN3O4/c1-25-15-8-7-12(9-16(15)26-2)10-21-22-17(23)11-20-18(24)13-5-3-4-6-14(13)19/h3-10H,11H2,1-2H3,(H,20,24)(H,22,23)/b21-10-. The van der Waals surface area contributed by atoms with Crippen LogP contribution in [0, 0.1) is 0 Å². The van der Waals surface area contributed by atoms with Crippen LogP contribution in [-0.2, 0) is 4.79 Å². The summed E-state index contributed by atoms with van der Waals surface area (Å²) in [7, 11) is 3.07. The van der Waals surface area contributed by atoms with Gasteiger partial charge in [0.2, 0.25) is 0 Å². The van der Waals surface area contributed by atoms with E-state index in [-0.39, 0.29) is 6.54 Å². The van der Waals surface area contributed by atoms with Crippen molar-refractivity contribution in [2.24, 2.45) is 5.10 Å². The molecule has 0 saturated heterocycles. The Morgan fingerprint density at radius 2 is 1.85 bits per heavy atom. The number of hydrogen-bond acceptors (Lipinski definition) is 5. The number of hydrogen-bond donors (Lipinski definition) is 2. The van der Waals surface area contributed by atoms with Gasteiger partial charge < -0.3 is 14.8 Å². The van der Waals surface area contributed by atoms with Crippen molar-refractivity contribution in [1.82, 2.24) is 10.7 Å². The van der Waals surface area contributed by atoms with Gasteiger partial charge in [-0.1, -0.05) is 23.7 Å². The largest absolute Gasteiger partial charge is 0.493 e. The molecule has 7 nitrogen and oxygen atoms in total. The zero-order valence-electron chi connectivity index (χ0n) is 14.3. The summed E-state index contributed by atoms with van der Waals surface area (Å²) in [6.45, 7) is -0.229. The third-order valence-corrected chi connectivity index (χ3v) is 3.67. The lowest BCUT2D eigenvalue weighted by atomic mass is 10.2. The fourth-order valence-corrected chi connectivity index (χ4v) is 2.27. The molecular weight excluding hydrogens is 358 g/mol. The lowest BCUT2D eigenvalue weighted by molar-refractivity contribution is -0.120. The number of carbonyl (C=O) groups excluding carboxylic acids is 2. The van der Waals surface area contributed by atoms with Gasteiger partial charge in [0, 0.05) is 0 Å². The second-order valence-corrected chi connectivity index (χ2v) is 5.48. The van der Waals surface area contributed by atoms with Crippen molar-refractivity contribution < 1.29 is 19.1 Å². The van der Waals surface area contributed by atoms with Crippen molar-refractivity contribution in [3.63, 3.8) is 0 Å². The Kier molecular flexibility index (Phi) is 6.99. The van der Waals surface area contributed by atoms with Gasteiger partial charge in [-0.25, -0.2) is 5.43 Å². The quantitative estimate of drug-likeness (QED) is 0.573. The Morgan fingerprint density at radius 1 is 1.12 bits per heavy atom. The SMILES string of the molecule is COc1ccc(/C=N\NC(=O)CNC(=O)c2ccccc2Cl)cc1OC. The average Bonchev–Trinajstić information content (AvgIpc) is 2.66. The van der Waals surface area contributed by atoms with Crippen molar-refractivity contribution >= 4 is 29.6 Å². The van der Waals surface area contributed by atoms with E-state index in [2.05, 4.69) is 15.8 Å². The summed E-state index contributed by atoms with van der Waals surface area (Å²) in [5.41, 5.74) is 3.34. The number of ether oxygens (including phenoxy) is 2. The first-order valence-electron chi connectivity index (χ1n) is 7.61. The monoisotopic (exact) mass is 375 g/mol. The van der Waals surface area contributed by atoms with Gasteiger partial charge >= 0.3 is 0 Å². The molecule has 2 aromatic rings. The molecule has 0 aliphatic heterocycles. The van der Waals surface area contributed by atoms with Crippen molar-refractivity contribution in [3.05, 3.63) is 58.6 Å². The maximum absolute atomic E-state index is 12.0. The minimum absolute atomic E-state index is 0.229. The summed E-state index contributed by atoms with van der Waals surface area (Å²) in [5.74, 6) is 0.238. The lowest BCUT2D eigenvalue weighted by Crippen LogP contribution is -2.35. The first kappa shape index (κ1) is 19.3. The van der Waals surface area contributed by atoms with Crippen LogP contribution in [0.1, 0.15) is 15.9 Å². The minimum atomic E-state index is -0.470. The summed E-state index contributed by atoms with van der Waals surface area (Å²) in [5, 5.41) is 6.63. The van der Waals surface area contributed by atoms with Crippen LogP contribution in [0.5, 0.6) is 11.5 Å². The number of hydrazone groups is 1. The summed E-state index contributed by atoms with van der Waals surface area (Å²) >= 11 is 5.93. The van der Waals surface area contributed by atoms with Gasteiger partial charge in [0.05, 0.1) is 37.6 Å². The number of nitrogens with zero attached hydrogens (tertiary/aromatic N) is 1. The molecule has 0 aliphatic carbocycles. The second-order valence-electron chi connectivity index (χ2n) is 5.07. The van der Waals surface area contributed by atoms with E-state index < -0.39 is 11.8 Å². The van der Waals surface area contributed by atoms with E-state index in [1.165, 1.54) is 13.3 Å². The van der Waals surface area contributed by atoms with E-state index in [1.807, 2.05) is 0 Å². The Morgan fingerprint density at radius 3 is 2.54 bits per heavy atom. The molecule has 0 unspecified atom stereocenters. The molecule has 0 radical (unpaired) electrons. The number of amides is 2. The van der Waals surface area contributed by atoms with Crippen molar-refractivity contribution in [3.8, 4) is 11.5 Å². The third-order valence-electron chi connectivity index (χ3n) is 3.34. The van der Waals surface area contributed by atoms with Gasteiger partial charge in [0.15, 0.2) is 11.5 Å². The molecule has 0 aliphatic rings. The molecule has 136 valence electrons. The highest BCUT2D eigenvalue weighted by Crippen LogP contribution is 2.26. The third kappa shape index (κ3) is 5.22. The van der Waals surface area contributed by atoms with E-state index >= 15 is 0 Å². The summed E-state index contributed by atoms with van der Waals surface area (Å²) < 4.78 is 10.3. The van der Waals surface area contributed by atoms with Gasteiger partial charge in [-0.3, -0.25) is 9.59 Å². The molecule has 0 fully saturated rings. The molecule has 2 N–H and O–H groups in total. The zero-order chi connectivity index (χ0) is 18.9. The molecule has 2 aromatic carbocycles. The highest BCUT2D eigenvalue weighted by Gasteiger charge is 2.10. The van der Waals surface area contributed by atoms with E-state index in [1.54, 1.807) is 49.6 Å². The van der Waals surface area contributed by atoms with Crippen LogP contribution in [0.15, 0.2) is 47.6 Å². The number of nitrogens with one attached hydrogen (secondary N) is 2. The summed E-state index contributed by atoms with van der Waals surface area (Å²) in [4.78, 5) is 23.7. The number of carbonyl (C=O) groups is 2. The summed E-state index contributed by atoms with van der Waals surface area (Å²) in [6.07, 6.45) is 1.45. The molecule has 0 atom stereocenters. The van der Waals surface area contributed by atoms with Gasteiger partial charge in [-0.05, 0) is 35.9 Å². The van der Waals surface area contributed by atoms with Crippen LogP contribution in [0.2, 0.25) is 5.02 Å². The van der Waals surface area contributed by atoms with Crippen LogP contribution in [0.25, 0.3) is 0 Å². The number of halogens is 1. The summed E-state index contributed by atoms with van der Waals surface area (Å²) in [6, 6.07) is 11.8. The van der Waals surface area contributed by atoms with Gasteiger partial charge in [0.25, 0.3) is 11.8 Å². The first-order chi connectivity index (χ1) is 12.5. The number of rotatable bonds is 7. The molecule has 26 heavy (non-hydrogen) atoms. The molecule has 2 rings (SSSR count). The van der Waals surface area contributed by atoms with Crippen LogP contribution in [0.3, 0.4) is 0 Å². The molecule has 0 bridgehead atoms. The Bertz CT molecular complexity index is 824. The second kappa shape index (κ2) is 9.43. The highest BCUT2D eigenvalue weighted by molar-refractivity contribution is 6.33. The lowest BCUT2D eigenvalue weighted by Gasteiger charge is -2.07. The van der Waals surface area contributed by atoms with Gasteiger partial charge in [-0.2, -0.15) is 5.10 Å². The maximum atomic E-state index is 12.0. The topological polar surface area (TPSA) is 89.0 Å². The molecule has 0 heterocycles. The van der Waals surface area contributed by atoms with Gasteiger partial charge in [0.1, 0.15) is 0 Å². The molecule has 8 heteroatoms. The van der Waals surface area contributed by atoms with Gasteiger partial charge in [-0.15, -0.1) is 0 Å². The first-order valence-corrected chi connectivity index (χ1v) is 7.99. The predicted octanol–water partition coefficient (Wildman–Crippen LogP) is 2.24. The van der Waals surface area contributed by atoms with E-state index in [0.29, 0.717) is 27.6 Å². The fourth-order valence-electron chi connectivity index (χ4n) is 2.05. The smallest absolute Gasteiger partial charge is 0.259 e.